The molecule has 4 heavy (non-hydrogen) atoms. The first-order valence-electron chi connectivity index (χ1n) is 0.408. The molecule has 0 aromatic rings. The van der Waals surface area contributed by atoms with Crippen LogP contribution in [0.1, 0.15) is 0 Å². The average molecular weight is 68.3 g/mol. The molecule has 0 saturated carbocycles. The number of carbonyl (C=O) groups excluding carboxylic acids is 1. The molecule has 0 aromatic heterocycles. The van der Waals surface area contributed by atoms with Crippen LogP contribution in [0.25, 0.3) is 0 Å². The summed E-state index contributed by atoms with van der Waals surface area (Å²) < 4.78 is 0. The Bertz CT molecular complexity index is 13.5. The zero-order valence-corrected chi connectivity index (χ0v) is 3.44. The first kappa shape index (κ1) is 8.87. The predicted molar refractivity (Wildman–Crippen MR) is 11.4 cm³/mol. The van der Waals surface area contributed by atoms with Crippen molar-refractivity contribution in [3.05, 3.63) is 0 Å². The number of hydrogen-bond acceptors (Lipinski definition) is 2. The Balaban J connectivity index is 0. The minimum Gasteiger partial charge on any atom is -0.794 e. The van der Waals surface area contributed by atoms with Crippen molar-refractivity contribution in [1.29, 1.82) is 0 Å². The van der Waals surface area contributed by atoms with E-state index in [2.05, 4.69) is 0 Å². The van der Waals surface area contributed by atoms with Crippen LogP contribution in [0.3, 0.4) is 0 Å². The maximum absolute atomic E-state index is 8.12. The molecule has 0 aromatic carbocycles. The third-order valence-corrected chi connectivity index (χ3v) is 0. The van der Waals surface area contributed by atoms with Crippen molar-refractivity contribution in [1.82, 2.24) is 0 Å². The summed E-state index contributed by atoms with van der Waals surface area (Å²) in [7, 11) is 0. The smallest absolute Gasteiger partial charge is 0.794 e. The Morgan fingerprint density at radius 2 is 1.75 bits per heavy atom. The van der Waals surface area contributed by atoms with Gasteiger partial charge in [0.25, 0.3) is 0 Å². The third kappa shape index (κ3) is 61.2. The first-order valence-corrected chi connectivity index (χ1v) is 0.408. The van der Waals surface area contributed by atoms with Gasteiger partial charge in [-0.15, -0.1) is 0 Å². The van der Waals surface area contributed by atoms with Gasteiger partial charge in [-0.2, -0.15) is 0 Å². The van der Waals surface area contributed by atoms with Crippen molar-refractivity contribution in [3.8, 4) is 0 Å². The van der Waals surface area contributed by atoms with Crippen LogP contribution in [0.2, 0.25) is 0 Å². The molecule has 0 unspecified atom stereocenters. The van der Waals surface area contributed by atoms with Gasteiger partial charge in [-0.25, -0.2) is 0 Å². The van der Waals surface area contributed by atoms with E-state index in [1.165, 1.54) is 0 Å². The molecule has 0 aliphatic heterocycles. The standard InChI is InChI=1S/CO2.Mg/c2-1-3;/q-2;+2. The molecule has 0 amide bonds. The fraction of sp³-hybridized carbons (Fsp3) is 0. The Morgan fingerprint density at radius 1 is 1.75 bits per heavy atom. The van der Waals surface area contributed by atoms with Crippen LogP contribution in [0.15, 0.2) is 0 Å². The Morgan fingerprint density at radius 3 is 1.75 bits per heavy atom. The molecule has 2 nitrogen and oxygen atoms in total. The maximum Gasteiger partial charge on any atom is 2.00 e. The predicted octanol–water partition coefficient (Wildman–Crippen LogP) is -2.10. The Labute approximate surface area is 40.0 Å². The fourth-order valence-corrected chi connectivity index (χ4v) is 0. The molecule has 18 valence electrons. The quantitative estimate of drug-likeness (QED) is 0.241. The monoisotopic (exact) mass is 68.0 g/mol. The molecule has 0 atom stereocenters. The zero-order valence-electron chi connectivity index (χ0n) is 2.02. The van der Waals surface area contributed by atoms with Crippen LogP contribution >= 0.6 is 0 Å². The van der Waals surface area contributed by atoms with Crippen LogP contribution in [-0.4, -0.2) is 29.5 Å². The topological polar surface area (TPSA) is 40.1 Å². The van der Waals surface area contributed by atoms with Gasteiger partial charge in [0.2, 0.25) is 0 Å². The van der Waals surface area contributed by atoms with Gasteiger partial charge in [-0.05, 0) is 0 Å². The van der Waals surface area contributed by atoms with E-state index in [0.717, 1.165) is 0 Å². The van der Waals surface area contributed by atoms with E-state index in [4.69, 9.17) is 9.90 Å². The molecule has 0 spiro atoms. The summed E-state index contributed by atoms with van der Waals surface area (Å²) in [5.41, 5.74) is 0. The molecular weight excluding hydrogens is 68.3 g/mol. The summed E-state index contributed by atoms with van der Waals surface area (Å²) in [5.74, 6) is 0. The van der Waals surface area contributed by atoms with E-state index < -0.39 is 0 Å². The van der Waals surface area contributed by atoms with Crippen molar-refractivity contribution in [2.24, 2.45) is 0 Å². The van der Waals surface area contributed by atoms with Gasteiger partial charge in [0.15, 0.2) is 0 Å². The van der Waals surface area contributed by atoms with Crippen LogP contribution < -0.4 is 5.11 Å². The summed E-state index contributed by atoms with van der Waals surface area (Å²) in [4.78, 5) is 8.12. The second kappa shape index (κ2) is 10.6. The van der Waals surface area contributed by atoms with E-state index in [1.54, 1.807) is 0 Å². The molecule has 0 radical (unpaired) electrons. The van der Waals surface area contributed by atoms with E-state index in [1.807, 2.05) is 0 Å². The summed E-state index contributed by atoms with van der Waals surface area (Å²) >= 11 is 0. The molecule has 0 rings (SSSR count). The molecule has 3 heteroatoms. The van der Waals surface area contributed by atoms with Crippen LogP contribution in [0.4, 0.5) is 0 Å². The Kier molecular flexibility index (Phi) is 23.5. The number of rotatable bonds is 0. The normalized spacial score (nSPS) is 3.00. The molecule has 0 bridgehead atoms. The van der Waals surface area contributed by atoms with E-state index in [-0.39, 0.29) is 29.5 Å². The van der Waals surface area contributed by atoms with Crippen LogP contribution in [-0.2, 0) is 4.79 Å². The molecule has 0 saturated heterocycles. The fourth-order valence-electron chi connectivity index (χ4n) is 0. The van der Waals surface area contributed by atoms with Crippen molar-refractivity contribution < 1.29 is 9.90 Å². The molecule has 0 fully saturated rings. The average Bonchev–Trinajstić information content (AvgIpc) is 0.918. The summed E-state index contributed by atoms with van der Waals surface area (Å²) in [6, 6.07) is 0. The Hall–Kier alpha value is 0.236. The van der Waals surface area contributed by atoms with E-state index in [9.17, 15) is 0 Å². The van der Waals surface area contributed by atoms with Crippen molar-refractivity contribution in [2.75, 3.05) is 0 Å². The van der Waals surface area contributed by atoms with Crippen LogP contribution in [0.5, 0.6) is 0 Å². The molecular formula is CMgO2. The van der Waals surface area contributed by atoms with Crippen molar-refractivity contribution in [2.45, 2.75) is 0 Å². The largest absolute Gasteiger partial charge is 2.00 e. The molecule has 0 aliphatic rings. The van der Waals surface area contributed by atoms with Gasteiger partial charge in [-0.3, -0.25) is 0 Å². The summed E-state index contributed by atoms with van der Waals surface area (Å²) in [6.45, 7) is 0.250. The summed E-state index contributed by atoms with van der Waals surface area (Å²) in [5, 5.41) is 8.12. The summed E-state index contributed by atoms with van der Waals surface area (Å²) in [6.07, 6.45) is 0. The minimum absolute atomic E-state index is 0. The second-order valence-corrected chi connectivity index (χ2v) is 0.0833. The van der Waals surface area contributed by atoms with E-state index in [0.29, 0.717) is 0 Å². The second-order valence-electron chi connectivity index (χ2n) is 0.0833. The number of hydrogen-bond donors (Lipinski definition) is 0. The minimum atomic E-state index is 0. The third-order valence-electron chi connectivity index (χ3n) is 0. The van der Waals surface area contributed by atoms with Gasteiger partial charge in [0.1, 0.15) is 0 Å². The van der Waals surface area contributed by atoms with Gasteiger partial charge >= 0.3 is 23.1 Å². The van der Waals surface area contributed by atoms with Gasteiger partial charge < -0.3 is 16.4 Å². The van der Waals surface area contributed by atoms with Gasteiger partial charge in [-0.1, -0.05) is 0 Å². The van der Waals surface area contributed by atoms with Crippen LogP contribution in [0, 0.1) is 0 Å². The molecule has 0 N–H and O–H groups in total. The van der Waals surface area contributed by atoms with Crippen molar-refractivity contribution >= 4 is 29.5 Å². The van der Waals surface area contributed by atoms with Gasteiger partial charge in [0, 0.05) is 0 Å². The maximum atomic E-state index is 8.12. The zero-order chi connectivity index (χ0) is 2.71. The van der Waals surface area contributed by atoms with E-state index >= 15 is 0 Å². The van der Waals surface area contributed by atoms with Crippen molar-refractivity contribution in [3.63, 3.8) is 0 Å². The molecule has 0 heterocycles. The van der Waals surface area contributed by atoms with Gasteiger partial charge in [0.05, 0.1) is 0 Å². The molecule has 0 aliphatic carbocycles. The SMILES string of the molecule is O=[C-][O-].[Mg+2]. The first-order chi connectivity index (χ1) is 1.41.